The summed E-state index contributed by atoms with van der Waals surface area (Å²) in [5.74, 6) is -3.01. The molecule has 2 aromatic rings. The van der Waals surface area contributed by atoms with Crippen LogP contribution in [0.3, 0.4) is 0 Å². The highest BCUT2D eigenvalue weighted by atomic mass is 16.5. The quantitative estimate of drug-likeness (QED) is 0.383. The van der Waals surface area contributed by atoms with Crippen molar-refractivity contribution >= 4 is 17.8 Å². The molecule has 4 rings (SSSR count). The molecule has 1 fully saturated rings. The Kier molecular flexibility index (Phi) is 8.77. The van der Waals surface area contributed by atoms with Crippen LogP contribution < -0.4 is 5.32 Å². The molecule has 196 valence electrons. The van der Waals surface area contributed by atoms with Crippen LogP contribution in [0.1, 0.15) is 31.4 Å². The normalized spacial score (nSPS) is 25.4. The zero-order valence-corrected chi connectivity index (χ0v) is 21.5. The van der Waals surface area contributed by atoms with Crippen molar-refractivity contribution in [2.75, 3.05) is 13.2 Å². The number of esters is 1. The first-order chi connectivity index (χ1) is 18.0. The van der Waals surface area contributed by atoms with Crippen LogP contribution in [-0.4, -0.2) is 53.1 Å². The molecule has 2 aliphatic rings. The average molecular weight is 505 g/mol. The second-order valence-electron chi connectivity index (χ2n) is 9.76. The number of benzene rings is 2. The van der Waals surface area contributed by atoms with Gasteiger partial charge in [0.15, 0.2) is 0 Å². The number of amides is 2. The smallest absolute Gasteiger partial charge is 0.310 e. The van der Waals surface area contributed by atoms with Crippen molar-refractivity contribution in [2.45, 2.75) is 45.3 Å². The zero-order chi connectivity index (χ0) is 26.4. The minimum absolute atomic E-state index is 0.154. The van der Waals surface area contributed by atoms with Crippen molar-refractivity contribution in [2.24, 2.45) is 23.7 Å². The molecule has 7 heteroatoms. The summed E-state index contributed by atoms with van der Waals surface area (Å²) in [6.07, 6.45) is 4.96. The van der Waals surface area contributed by atoms with E-state index < -0.39 is 35.8 Å². The van der Waals surface area contributed by atoms with Crippen LogP contribution >= 0.6 is 0 Å². The number of nitrogens with zero attached hydrogens (tertiary/aromatic N) is 1. The largest absolute Gasteiger partial charge is 0.466 e. The number of nitrogens with one attached hydrogen (secondary N) is 1. The summed E-state index contributed by atoms with van der Waals surface area (Å²) in [5, 5.41) is 13.4. The predicted octanol–water partition coefficient (Wildman–Crippen LogP) is 3.12. The maximum Gasteiger partial charge on any atom is 0.310 e. The number of ether oxygens (including phenoxy) is 1. The molecular formula is C30H36N2O5. The fraction of sp³-hybridized carbons (Fsp3) is 0.433. The molecule has 0 radical (unpaired) electrons. The average Bonchev–Trinajstić information content (AvgIpc) is 3.23. The number of rotatable bonds is 10. The van der Waals surface area contributed by atoms with Gasteiger partial charge >= 0.3 is 5.97 Å². The third kappa shape index (κ3) is 5.62. The van der Waals surface area contributed by atoms with Gasteiger partial charge in [0.2, 0.25) is 11.8 Å². The molecule has 1 aliphatic heterocycles. The molecular weight excluding hydrogens is 468 g/mol. The summed E-state index contributed by atoms with van der Waals surface area (Å²) in [4.78, 5) is 42.5. The van der Waals surface area contributed by atoms with E-state index in [0.29, 0.717) is 19.4 Å². The number of fused-ring (bicyclic) bond motifs is 1. The van der Waals surface area contributed by atoms with Crippen LogP contribution in [0.15, 0.2) is 72.8 Å². The molecule has 2 aromatic carbocycles. The second-order valence-corrected chi connectivity index (χ2v) is 9.76. The van der Waals surface area contributed by atoms with E-state index >= 15 is 0 Å². The van der Waals surface area contributed by atoms with E-state index in [4.69, 9.17) is 4.74 Å². The highest BCUT2D eigenvalue weighted by molar-refractivity contribution is 5.96. The van der Waals surface area contributed by atoms with Crippen LogP contribution in [0.25, 0.3) is 0 Å². The number of carbonyl (C=O) groups excluding carboxylic acids is 3. The number of aliphatic hydroxyl groups excluding tert-OH is 1. The summed E-state index contributed by atoms with van der Waals surface area (Å²) < 4.78 is 5.40. The third-order valence-electron chi connectivity index (χ3n) is 7.57. The first-order valence-electron chi connectivity index (χ1n) is 13.1. The van der Waals surface area contributed by atoms with Crippen LogP contribution in [0, 0.1) is 23.7 Å². The Morgan fingerprint density at radius 3 is 2.24 bits per heavy atom. The molecule has 0 unspecified atom stereocenters. The highest BCUT2D eigenvalue weighted by Gasteiger charge is 2.58. The summed E-state index contributed by atoms with van der Waals surface area (Å²) >= 11 is 0. The molecule has 1 aliphatic carbocycles. The summed E-state index contributed by atoms with van der Waals surface area (Å²) in [7, 11) is 0. The molecule has 0 saturated carbocycles. The molecule has 7 nitrogen and oxygen atoms in total. The van der Waals surface area contributed by atoms with Gasteiger partial charge in [0, 0.05) is 12.5 Å². The number of hydrogen-bond acceptors (Lipinski definition) is 5. The van der Waals surface area contributed by atoms with Crippen molar-refractivity contribution in [3.05, 3.63) is 83.9 Å². The Morgan fingerprint density at radius 1 is 1.00 bits per heavy atom. The van der Waals surface area contributed by atoms with Crippen LogP contribution in [0.2, 0.25) is 0 Å². The zero-order valence-electron chi connectivity index (χ0n) is 21.5. The molecule has 0 bridgehead atoms. The van der Waals surface area contributed by atoms with E-state index in [1.54, 1.807) is 6.92 Å². The number of aliphatic hydroxyl groups is 1. The van der Waals surface area contributed by atoms with E-state index in [9.17, 15) is 19.5 Å². The summed E-state index contributed by atoms with van der Waals surface area (Å²) in [6.45, 7) is 3.97. The topological polar surface area (TPSA) is 95.9 Å². The standard InChI is InChI=1S/C30H36N2O5/c1-3-22-15-16-24-26(25(22)30(36)37-4-2)29(35)32(23(19-33)17-20-11-7-5-8-12-20)27(24)28(34)31-18-21-13-9-6-10-14-21/h5-16,22-27,33H,3-4,17-19H2,1-2H3,(H,31,34)/t22-,23-,24+,25-,26-,27+/m1/s1. The van der Waals surface area contributed by atoms with Gasteiger partial charge in [0.05, 0.1) is 31.1 Å². The lowest BCUT2D eigenvalue weighted by Gasteiger charge is -2.34. The lowest BCUT2D eigenvalue weighted by Crippen LogP contribution is -2.52. The van der Waals surface area contributed by atoms with Gasteiger partial charge in [-0.05, 0) is 36.8 Å². The van der Waals surface area contributed by atoms with E-state index in [1.807, 2.05) is 79.7 Å². The molecule has 2 N–H and O–H groups in total. The monoisotopic (exact) mass is 504 g/mol. The van der Waals surface area contributed by atoms with E-state index in [0.717, 1.165) is 11.1 Å². The SMILES string of the molecule is CCOC(=O)[C@H]1[C@@H]2C(=O)N([C@@H](CO)Cc3ccccc3)[C@H](C(=O)NCc3ccccc3)[C@H]2C=C[C@H]1CC. The minimum Gasteiger partial charge on any atom is -0.466 e. The van der Waals surface area contributed by atoms with Gasteiger partial charge in [0.1, 0.15) is 6.04 Å². The highest BCUT2D eigenvalue weighted by Crippen LogP contribution is 2.46. The Hall–Kier alpha value is -3.45. The predicted molar refractivity (Wildman–Crippen MR) is 140 cm³/mol. The van der Waals surface area contributed by atoms with Crippen molar-refractivity contribution in [1.82, 2.24) is 10.2 Å². The Morgan fingerprint density at radius 2 is 1.65 bits per heavy atom. The molecule has 1 heterocycles. The minimum atomic E-state index is -0.840. The van der Waals surface area contributed by atoms with Crippen LogP contribution in [0.5, 0.6) is 0 Å². The summed E-state index contributed by atoms with van der Waals surface area (Å²) in [6, 6.07) is 17.7. The molecule has 0 spiro atoms. The van der Waals surface area contributed by atoms with Gasteiger partial charge in [-0.1, -0.05) is 79.7 Å². The Bertz CT molecular complexity index is 1100. The van der Waals surface area contributed by atoms with Crippen molar-refractivity contribution in [3.8, 4) is 0 Å². The third-order valence-corrected chi connectivity index (χ3v) is 7.57. The first kappa shape index (κ1) is 26.6. The van der Waals surface area contributed by atoms with E-state index in [1.165, 1.54) is 4.90 Å². The molecule has 37 heavy (non-hydrogen) atoms. The van der Waals surface area contributed by atoms with Crippen molar-refractivity contribution in [1.29, 1.82) is 0 Å². The lowest BCUT2D eigenvalue weighted by atomic mass is 9.69. The number of likely N-dealkylation sites (tertiary alicyclic amines) is 1. The number of carbonyl (C=O) groups is 3. The van der Waals surface area contributed by atoms with Crippen LogP contribution in [-0.2, 0) is 32.1 Å². The lowest BCUT2D eigenvalue weighted by molar-refractivity contribution is -0.156. The van der Waals surface area contributed by atoms with Gasteiger partial charge in [-0.3, -0.25) is 14.4 Å². The molecule has 1 saturated heterocycles. The fourth-order valence-electron chi connectivity index (χ4n) is 5.82. The van der Waals surface area contributed by atoms with Gasteiger partial charge < -0.3 is 20.1 Å². The first-order valence-corrected chi connectivity index (χ1v) is 13.1. The maximum atomic E-state index is 14.1. The number of hydrogen-bond donors (Lipinski definition) is 2. The summed E-state index contributed by atoms with van der Waals surface area (Å²) in [5.41, 5.74) is 1.90. The maximum absolute atomic E-state index is 14.1. The van der Waals surface area contributed by atoms with Gasteiger partial charge in [-0.25, -0.2) is 0 Å². The molecule has 6 atom stereocenters. The van der Waals surface area contributed by atoms with Gasteiger partial charge in [-0.2, -0.15) is 0 Å². The number of allylic oxidation sites excluding steroid dienone is 1. The second kappa shape index (κ2) is 12.2. The van der Waals surface area contributed by atoms with Crippen LogP contribution in [0.4, 0.5) is 0 Å². The Labute approximate surface area is 218 Å². The fourth-order valence-corrected chi connectivity index (χ4v) is 5.82. The Balaban J connectivity index is 1.69. The van der Waals surface area contributed by atoms with Crippen molar-refractivity contribution in [3.63, 3.8) is 0 Å². The van der Waals surface area contributed by atoms with Gasteiger partial charge in [-0.15, -0.1) is 0 Å². The van der Waals surface area contributed by atoms with E-state index in [2.05, 4.69) is 5.32 Å². The van der Waals surface area contributed by atoms with E-state index in [-0.39, 0.29) is 30.9 Å². The molecule has 2 amide bonds. The molecule has 0 aromatic heterocycles. The van der Waals surface area contributed by atoms with Crippen molar-refractivity contribution < 1.29 is 24.2 Å². The van der Waals surface area contributed by atoms with Gasteiger partial charge in [0.25, 0.3) is 0 Å².